The Morgan fingerprint density at radius 2 is 2.58 bits per heavy atom. The van der Waals surface area contributed by atoms with E-state index in [0.29, 0.717) is 18.0 Å². The van der Waals surface area contributed by atoms with E-state index in [4.69, 9.17) is 4.84 Å². The quantitative estimate of drug-likeness (QED) is 0.604. The molecule has 0 amide bonds. The Bertz CT molecular complexity index is 183. The zero-order valence-corrected chi connectivity index (χ0v) is 7.49. The summed E-state index contributed by atoms with van der Waals surface area (Å²) in [6.07, 6.45) is 1.97. The highest BCUT2D eigenvalue weighted by atomic mass is 16.7. The molecule has 0 aromatic heterocycles. The molecule has 2 saturated heterocycles. The number of rotatable bonds is 2. The van der Waals surface area contributed by atoms with Crippen LogP contribution in [0.1, 0.15) is 6.92 Å². The zero-order chi connectivity index (χ0) is 8.55. The molecule has 2 heterocycles. The molecular weight excluding hydrogens is 152 g/mol. The van der Waals surface area contributed by atoms with Crippen molar-refractivity contribution in [2.45, 2.75) is 19.0 Å². The number of nitrogens with one attached hydrogen (secondary N) is 1. The van der Waals surface area contributed by atoms with Crippen molar-refractivity contribution in [3.8, 4) is 0 Å². The van der Waals surface area contributed by atoms with Crippen molar-refractivity contribution in [3.63, 3.8) is 0 Å². The smallest absolute Gasteiger partial charge is 0.0739 e. The van der Waals surface area contributed by atoms with Crippen molar-refractivity contribution in [1.29, 1.82) is 0 Å². The second-order valence-corrected chi connectivity index (χ2v) is 3.70. The molecule has 0 radical (unpaired) electrons. The van der Waals surface area contributed by atoms with Crippen molar-refractivity contribution in [2.75, 3.05) is 19.7 Å². The molecule has 0 bridgehead atoms. The second-order valence-electron chi connectivity index (χ2n) is 3.70. The van der Waals surface area contributed by atoms with Crippen molar-refractivity contribution in [2.24, 2.45) is 5.92 Å². The molecule has 2 fully saturated rings. The van der Waals surface area contributed by atoms with Gasteiger partial charge in [-0.2, -0.15) is 5.48 Å². The largest absolute Gasteiger partial charge is 0.301 e. The Kier molecular flexibility index (Phi) is 2.17. The van der Waals surface area contributed by atoms with Crippen molar-refractivity contribution in [3.05, 3.63) is 12.7 Å². The molecule has 0 unspecified atom stereocenters. The monoisotopic (exact) mass is 168 g/mol. The summed E-state index contributed by atoms with van der Waals surface area (Å²) < 4.78 is 0. The third kappa shape index (κ3) is 1.18. The van der Waals surface area contributed by atoms with Gasteiger partial charge in [0.1, 0.15) is 0 Å². The molecule has 2 aliphatic heterocycles. The van der Waals surface area contributed by atoms with Crippen LogP contribution in [0.25, 0.3) is 0 Å². The normalized spacial score (nSPS) is 41.6. The molecular formula is C9H16N2O. The number of hydrogen-bond donors (Lipinski definition) is 1. The van der Waals surface area contributed by atoms with Crippen LogP contribution < -0.4 is 5.48 Å². The van der Waals surface area contributed by atoms with E-state index in [9.17, 15) is 0 Å². The molecule has 2 rings (SSSR count). The molecule has 0 spiro atoms. The van der Waals surface area contributed by atoms with Gasteiger partial charge in [-0.1, -0.05) is 6.08 Å². The van der Waals surface area contributed by atoms with Gasteiger partial charge in [-0.05, 0) is 6.92 Å². The van der Waals surface area contributed by atoms with Crippen LogP contribution in [-0.4, -0.2) is 36.7 Å². The van der Waals surface area contributed by atoms with Crippen LogP contribution in [-0.2, 0) is 4.84 Å². The average molecular weight is 168 g/mol. The predicted molar refractivity (Wildman–Crippen MR) is 47.6 cm³/mol. The lowest BCUT2D eigenvalue weighted by atomic mass is 10.0. The van der Waals surface area contributed by atoms with Crippen molar-refractivity contribution in [1.82, 2.24) is 10.4 Å². The lowest BCUT2D eigenvalue weighted by molar-refractivity contribution is 0.0621. The van der Waals surface area contributed by atoms with Crippen LogP contribution in [0.3, 0.4) is 0 Å². The number of likely N-dealkylation sites (tertiary alicyclic amines) is 1. The maximum Gasteiger partial charge on any atom is 0.0739 e. The Labute approximate surface area is 73.3 Å². The van der Waals surface area contributed by atoms with E-state index in [-0.39, 0.29) is 0 Å². The lowest BCUT2D eigenvalue weighted by Crippen LogP contribution is -2.38. The highest BCUT2D eigenvalue weighted by Gasteiger charge is 2.42. The molecule has 0 aromatic carbocycles. The van der Waals surface area contributed by atoms with Gasteiger partial charge in [0.15, 0.2) is 0 Å². The summed E-state index contributed by atoms with van der Waals surface area (Å²) in [5.74, 6) is 0.681. The molecule has 0 saturated carbocycles. The standard InChI is InChI=1S/C9H16N2O/c1-3-4-11-5-8-6-12-10-9(8)7(11)2/h3,7-10H,1,4-6H2,2H3/t7-,8-,9-/m0/s1. The third-order valence-electron chi connectivity index (χ3n) is 2.95. The zero-order valence-electron chi connectivity index (χ0n) is 7.49. The first-order valence-corrected chi connectivity index (χ1v) is 4.55. The predicted octanol–water partition coefficient (Wildman–Crippen LogP) is 0.396. The van der Waals surface area contributed by atoms with Gasteiger partial charge in [-0.3, -0.25) is 4.90 Å². The van der Waals surface area contributed by atoms with Crippen LogP contribution in [0.4, 0.5) is 0 Å². The molecule has 0 aliphatic carbocycles. The fourth-order valence-corrected chi connectivity index (χ4v) is 2.21. The Balaban J connectivity index is 2.00. The first kappa shape index (κ1) is 8.23. The summed E-state index contributed by atoms with van der Waals surface area (Å²) in [6.45, 7) is 9.01. The molecule has 2 aliphatic rings. The van der Waals surface area contributed by atoms with Gasteiger partial charge < -0.3 is 4.84 Å². The molecule has 3 heteroatoms. The summed E-state index contributed by atoms with van der Waals surface area (Å²) >= 11 is 0. The van der Waals surface area contributed by atoms with Gasteiger partial charge in [-0.15, -0.1) is 6.58 Å². The van der Waals surface area contributed by atoms with Gasteiger partial charge in [0.25, 0.3) is 0 Å². The Morgan fingerprint density at radius 1 is 1.75 bits per heavy atom. The van der Waals surface area contributed by atoms with E-state index < -0.39 is 0 Å². The van der Waals surface area contributed by atoms with Gasteiger partial charge >= 0.3 is 0 Å². The van der Waals surface area contributed by atoms with Crippen molar-refractivity contribution >= 4 is 0 Å². The molecule has 3 nitrogen and oxygen atoms in total. The molecule has 0 aromatic rings. The van der Waals surface area contributed by atoms with E-state index in [1.807, 2.05) is 6.08 Å². The van der Waals surface area contributed by atoms with E-state index in [2.05, 4.69) is 23.9 Å². The maximum absolute atomic E-state index is 5.21. The van der Waals surface area contributed by atoms with Gasteiger partial charge in [0.2, 0.25) is 0 Å². The van der Waals surface area contributed by atoms with E-state index in [0.717, 1.165) is 19.7 Å². The summed E-state index contributed by atoms with van der Waals surface area (Å²) in [7, 11) is 0. The first-order valence-electron chi connectivity index (χ1n) is 4.55. The Morgan fingerprint density at radius 3 is 3.25 bits per heavy atom. The molecule has 12 heavy (non-hydrogen) atoms. The first-order chi connectivity index (χ1) is 5.83. The highest BCUT2D eigenvalue weighted by molar-refractivity contribution is 4.97. The van der Waals surface area contributed by atoms with E-state index >= 15 is 0 Å². The third-order valence-corrected chi connectivity index (χ3v) is 2.95. The lowest BCUT2D eigenvalue weighted by Gasteiger charge is -2.22. The fraction of sp³-hybridized carbons (Fsp3) is 0.778. The van der Waals surface area contributed by atoms with Crippen LogP contribution in [0.2, 0.25) is 0 Å². The summed E-state index contributed by atoms with van der Waals surface area (Å²) in [5.41, 5.74) is 3.08. The number of hydrogen-bond acceptors (Lipinski definition) is 3. The second kappa shape index (κ2) is 3.17. The van der Waals surface area contributed by atoms with E-state index in [1.54, 1.807) is 0 Å². The minimum absolute atomic E-state index is 0.532. The van der Waals surface area contributed by atoms with Crippen molar-refractivity contribution < 1.29 is 4.84 Å². The van der Waals surface area contributed by atoms with Gasteiger partial charge in [0, 0.05) is 25.0 Å². The number of nitrogens with zero attached hydrogens (tertiary/aromatic N) is 1. The highest BCUT2D eigenvalue weighted by Crippen LogP contribution is 2.26. The SMILES string of the molecule is C=CCN1C[C@H]2CON[C@H]2[C@@H]1C. The topological polar surface area (TPSA) is 24.5 Å². The minimum Gasteiger partial charge on any atom is -0.301 e. The number of hydroxylamine groups is 1. The fourth-order valence-electron chi connectivity index (χ4n) is 2.21. The summed E-state index contributed by atoms with van der Waals surface area (Å²) in [5, 5.41) is 0. The summed E-state index contributed by atoms with van der Waals surface area (Å²) in [6, 6.07) is 1.11. The molecule has 1 N–H and O–H groups in total. The summed E-state index contributed by atoms with van der Waals surface area (Å²) in [4.78, 5) is 7.65. The maximum atomic E-state index is 5.21. The molecule has 3 atom stereocenters. The Hall–Kier alpha value is -0.380. The van der Waals surface area contributed by atoms with Gasteiger partial charge in [-0.25, -0.2) is 0 Å². The minimum atomic E-state index is 0.532. The average Bonchev–Trinajstić information content (AvgIpc) is 2.58. The van der Waals surface area contributed by atoms with Crippen LogP contribution in [0.5, 0.6) is 0 Å². The van der Waals surface area contributed by atoms with Crippen LogP contribution in [0, 0.1) is 5.92 Å². The molecule has 68 valence electrons. The van der Waals surface area contributed by atoms with Crippen LogP contribution in [0.15, 0.2) is 12.7 Å². The van der Waals surface area contributed by atoms with Crippen LogP contribution >= 0.6 is 0 Å². The van der Waals surface area contributed by atoms with E-state index in [1.165, 1.54) is 0 Å². The number of fused-ring (bicyclic) bond motifs is 1. The van der Waals surface area contributed by atoms with Gasteiger partial charge in [0.05, 0.1) is 12.6 Å².